The summed E-state index contributed by atoms with van der Waals surface area (Å²) in [6.45, 7) is 0.504. The molecule has 0 aliphatic heterocycles. The molecule has 0 bridgehead atoms. The van der Waals surface area contributed by atoms with Crippen molar-refractivity contribution >= 4 is 21.5 Å². The van der Waals surface area contributed by atoms with E-state index < -0.39 is 4.92 Å². The molecule has 0 saturated heterocycles. The average Bonchev–Trinajstić information content (AvgIpc) is 2.85. The van der Waals surface area contributed by atoms with Crippen LogP contribution in [0.2, 0.25) is 0 Å². The molecule has 0 unspecified atom stereocenters. The van der Waals surface area contributed by atoms with Gasteiger partial charge in [-0.1, -0.05) is 0 Å². The zero-order valence-corrected chi connectivity index (χ0v) is 10.3. The Morgan fingerprint density at radius 2 is 2.39 bits per heavy atom. The maximum absolute atomic E-state index is 10.5. The third kappa shape index (κ3) is 2.92. The Balaban J connectivity index is 1.99. The van der Waals surface area contributed by atoms with Crippen molar-refractivity contribution in [3.05, 3.63) is 40.2 Å². The van der Waals surface area contributed by atoms with Gasteiger partial charge in [-0.05, 0) is 23.0 Å². The van der Waals surface area contributed by atoms with Crippen LogP contribution in [-0.2, 0) is 6.54 Å². The molecule has 94 valence electrons. The third-order valence-electron chi connectivity index (χ3n) is 2.13. The number of rotatable bonds is 5. The molecule has 0 aliphatic rings. The van der Waals surface area contributed by atoms with Gasteiger partial charge in [0.1, 0.15) is 6.20 Å². The van der Waals surface area contributed by atoms with Gasteiger partial charge in [0.25, 0.3) is 0 Å². The van der Waals surface area contributed by atoms with Crippen molar-refractivity contribution in [3.63, 3.8) is 0 Å². The van der Waals surface area contributed by atoms with Gasteiger partial charge in [0.2, 0.25) is 5.88 Å². The largest absolute Gasteiger partial charge is 0.481 e. The van der Waals surface area contributed by atoms with Gasteiger partial charge in [-0.15, -0.1) is 0 Å². The Morgan fingerprint density at radius 1 is 1.56 bits per heavy atom. The molecule has 0 aromatic carbocycles. The van der Waals surface area contributed by atoms with Gasteiger partial charge in [-0.3, -0.25) is 10.1 Å². The van der Waals surface area contributed by atoms with Crippen LogP contribution in [-0.4, -0.2) is 22.0 Å². The third-order valence-corrected chi connectivity index (χ3v) is 3.03. The predicted molar refractivity (Wildman–Crippen MR) is 66.9 cm³/mol. The molecule has 2 aromatic rings. The molecule has 0 aliphatic carbocycles. The number of hydrogen-bond acceptors (Lipinski definition) is 7. The van der Waals surface area contributed by atoms with Gasteiger partial charge in [-0.25, -0.2) is 9.97 Å². The van der Waals surface area contributed by atoms with Crippen LogP contribution in [0.5, 0.6) is 5.88 Å². The summed E-state index contributed by atoms with van der Waals surface area (Å²) in [5.74, 6) is 0.527. The molecule has 2 rings (SSSR count). The number of thiazole rings is 1. The second kappa shape index (κ2) is 5.41. The van der Waals surface area contributed by atoms with E-state index in [4.69, 9.17) is 4.74 Å². The van der Waals surface area contributed by atoms with Crippen molar-refractivity contribution in [3.8, 4) is 5.88 Å². The molecule has 0 spiro atoms. The van der Waals surface area contributed by atoms with Gasteiger partial charge >= 0.3 is 5.00 Å². The minimum Gasteiger partial charge on any atom is -0.481 e. The van der Waals surface area contributed by atoms with Crippen LogP contribution in [0.15, 0.2) is 24.5 Å². The number of nitro groups is 1. The molecule has 2 heterocycles. The second-order valence-electron chi connectivity index (χ2n) is 3.32. The van der Waals surface area contributed by atoms with Crippen molar-refractivity contribution in [2.45, 2.75) is 6.54 Å². The molecule has 0 fully saturated rings. The fraction of sp³-hybridized carbons (Fsp3) is 0.200. The van der Waals surface area contributed by atoms with Gasteiger partial charge < -0.3 is 10.1 Å². The van der Waals surface area contributed by atoms with Crippen molar-refractivity contribution in [2.75, 3.05) is 12.4 Å². The van der Waals surface area contributed by atoms with Crippen LogP contribution in [0.1, 0.15) is 5.56 Å². The van der Waals surface area contributed by atoms with Gasteiger partial charge in [0, 0.05) is 18.8 Å². The van der Waals surface area contributed by atoms with Crippen molar-refractivity contribution in [1.82, 2.24) is 9.97 Å². The fourth-order valence-electron chi connectivity index (χ4n) is 1.28. The van der Waals surface area contributed by atoms with E-state index in [0.717, 1.165) is 16.9 Å². The van der Waals surface area contributed by atoms with E-state index in [1.54, 1.807) is 19.4 Å². The zero-order valence-electron chi connectivity index (χ0n) is 9.49. The van der Waals surface area contributed by atoms with Gasteiger partial charge in [-0.2, -0.15) is 0 Å². The van der Waals surface area contributed by atoms with Crippen LogP contribution < -0.4 is 10.1 Å². The first-order valence-electron chi connectivity index (χ1n) is 5.02. The first-order chi connectivity index (χ1) is 8.69. The predicted octanol–water partition coefficient (Wildman–Crippen LogP) is 2.07. The van der Waals surface area contributed by atoms with E-state index in [2.05, 4.69) is 15.3 Å². The number of pyridine rings is 1. The number of nitrogens with zero attached hydrogens (tertiary/aromatic N) is 3. The lowest BCUT2D eigenvalue weighted by atomic mass is 10.3. The number of nitrogens with one attached hydrogen (secondary N) is 1. The summed E-state index contributed by atoms with van der Waals surface area (Å²) >= 11 is 1.00. The normalized spacial score (nSPS) is 10.1. The van der Waals surface area contributed by atoms with E-state index >= 15 is 0 Å². The van der Waals surface area contributed by atoms with Crippen LogP contribution >= 0.6 is 11.3 Å². The van der Waals surface area contributed by atoms with E-state index in [0.29, 0.717) is 17.6 Å². The summed E-state index contributed by atoms with van der Waals surface area (Å²) in [6.07, 6.45) is 2.88. The van der Waals surface area contributed by atoms with Crippen molar-refractivity contribution in [1.29, 1.82) is 0 Å². The second-order valence-corrected chi connectivity index (χ2v) is 4.33. The number of aromatic nitrogens is 2. The molecule has 2 aromatic heterocycles. The highest BCUT2D eigenvalue weighted by atomic mass is 32.1. The zero-order chi connectivity index (χ0) is 13.0. The molecule has 18 heavy (non-hydrogen) atoms. The minimum absolute atomic E-state index is 0.0183. The maximum atomic E-state index is 10.5. The standard InChI is InChI=1S/C10H10N4O3S/c1-17-8-4-7(2-3-11-8)5-12-10-13-6-9(18-10)14(15)16/h2-4,6H,5H2,1H3,(H,12,13). The molecule has 7 nitrogen and oxygen atoms in total. The summed E-state index contributed by atoms with van der Waals surface area (Å²) in [5, 5.41) is 14.0. The average molecular weight is 266 g/mol. The first-order valence-corrected chi connectivity index (χ1v) is 5.83. The van der Waals surface area contributed by atoms with Crippen LogP contribution in [0.25, 0.3) is 0 Å². The molecule has 0 saturated carbocycles. The highest BCUT2D eigenvalue weighted by molar-refractivity contribution is 7.18. The van der Waals surface area contributed by atoms with E-state index in [9.17, 15) is 10.1 Å². The molecule has 0 atom stereocenters. The Bertz CT molecular complexity index is 558. The SMILES string of the molecule is COc1cc(CNc2ncc([N+](=O)[O-])s2)ccn1. The molecule has 0 radical (unpaired) electrons. The minimum atomic E-state index is -0.460. The molecular formula is C10H10N4O3S. The topological polar surface area (TPSA) is 90.2 Å². The van der Waals surface area contributed by atoms with Crippen LogP contribution in [0, 0.1) is 10.1 Å². The van der Waals surface area contributed by atoms with Crippen molar-refractivity contribution in [2.24, 2.45) is 0 Å². The summed E-state index contributed by atoms with van der Waals surface area (Å²) in [5.41, 5.74) is 0.958. The smallest absolute Gasteiger partial charge is 0.345 e. The highest BCUT2D eigenvalue weighted by Gasteiger charge is 2.10. The highest BCUT2D eigenvalue weighted by Crippen LogP contribution is 2.25. The van der Waals surface area contributed by atoms with Crippen LogP contribution in [0.4, 0.5) is 10.1 Å². The van der Waals surface area contributed by atoms with E-state index in [-0.39, 0.29) is 5.00 Å². The van der Waals surface area contributed by atoms with Gasteiger partial charge in [0.15, 0.2) is 5.13 Å². The van der Waals surface area contributed by atoms with Gasteiger partial charge in [0.05, 0.1) is 12.0 Å². The number of anilines is 1. The monoisotopic (exact) mass is 266 g/mol. The molecular weight excluding hydrogens is 256 g/mol. The lowest BCUT2D eigenvalue weighted by Gasteiger charge is -2.04. The van der Waals surface area contributed by atoms with E-state index in [1.807, 2.05) is 6.07 Å². The molecule has 0 amide bonds. The number of methoxy groups -OCH3 is 1. The van der Waals surface area contributed by atoms with Crippen LogP contribution in [0.3, 0.4) is 0 Å². The maximum Gasteiger partial charge on any atom is 0.345 e. The Morgan fingerprint density at radius 3 is 3.06 bits per heavy atom. The molecule has 8 heteroatoms. The quantitative estimate of drug-likeness (QED) is 0.658. The fourth-order valence-corrected chi connectivity index (χ4v) is 1.91. The Hall–Kier alpha value is -2.22. The summed E-state index contributed by atoms with van der Waals surface area (Å²) in [7, 11) is 1.55. The van der Waals surface area contributed by atoms with Crippen molar-refractivity contribution < 1.29 is 9.66 Å². The summed E-state index contributed by atoms with van der Waals surface area (Å²) < 4.78 is 5.00. The first kappa shape index (κ1) is 12.2. The van der Waals surface area contributed by atoms with E-state index in [1.165, 1.54) is 6.20 Å². The Kier molecular flexibility index (Phi) is 3.68. The lowest BCUT2D eigenvalue weighted by molar-refractivity contribution is -0.380. The number of hydrogen-bond donors (Lipinski definition) is 1. The lowest BCUT2D eigenvalue weighted by Crippen LogP contribution is -1.99. The summed E-state index contributed by atoms with van der Waals surface area (Å²) in [6, 6.07) is 3.62. The Labute approximate surface area is 107 Å². The number of ether oxygens (including phenoxy) is 1. The summed E-state index contributed by atoms with van der Waals surface area (Å²) in [4.78, 5) is 17.9. The molecule has 1 N–H and O–H groups in total.